The van der Waals surface area contributed by atoms with Crippen LogP contribution in [-0.4, -0.2) is 11.8 Å². The SMILES string of the molecule is O=C1[C@H]2[C@@H]3CC[C@@H](C3)[C@@H]2C(=O)N1c1ccc(Cl)cc1. The average Bonchev–Trinajstić information content (AvgIpc) is 3.06. The number of nitrogens with zero attached hydrogens (tertiary/aromatic N) is 1. The lowest BCUT2D eigenvalue weighted by Crippen LogP contribution is -2.32. The highest BCUT2D eigenvalue weighted by atomic mass is 35.5. The predicted molar refractivity (Wildman–Crippen MR) is 71.8 cm³/mol. The number of fused-ring (bicyclic) bond motifs is 5. The second-order valence-corrected chi connectivity index (χ2v) is 6.31. The van der Waals surface area contributed by atoms with Crippen LogP contribution < -0.4 is 4.90 Å². The quantitative estimate of drug-likeness (QED) is 0.739. The molecule has 98 valence electrons. The number of anilines is 1. The van der Waals surface area contributed by atoms with Gasteiger partial charge in [-0.15, -0.1) is 0 Å². The van der Waals surface area contributed by atoms with Crippen molar-refractivity contribution in [2.75, 3.05) is 4.90 Å². The van der Waals surface area contributed by atoms with Crippen molar-refractivity contribution in [1.29, 1.82) is 0 Å². The molecular weight excluding hydrogens is 262 g/mol. The number of hydrogen-bond acceptors (Lipinski definition) is 2. The van der Waals surface area contributed by atoms with Crippen molar-refractivity contribution in [2.24, 2.45) is 23.7 Å². The third-order valence-corrected chi connectivity index (χ3v) is 5.26. The highest BCUT2D eigenvalue weighted by Crippen LogP contribution is 2.56. The summed E-state index contributed by atoms with van der Waals surface area (Å²) in [5, 5.41) is 0.614. The fraction of sp³-hybridized carbons (Fsp3) is 0.467. The Kier molecular flexibility index (Phi) is 2.31. The molecule has 0 unspecified atom stereocenters. The Morgan fingerprint density at radius 3 is 2.00 bits per heavy atom. The molecule has 2 aliphatic carbocycles. The van der Waals surface area contributed by atoms with Crippen LogP contribution in [0.5, 0.6) is 0 Å². The molecule has 2 saturated carbocycles. The van der Waals surface area contributed by atoms with E-state index >= 15 is 0 Å². The molecule has 3 aliphatic rings. The molecule has 3 nitrogen and oxygen atoms in total. The van der Waals surface area contributed by atoms with E-state index in [-0.39, 0.29) is 23.7 Å². The Hall–Kier alpha value is -1.35. The summed E-state index contributed by atoms with van der Waals surface area (Å²) in [6.07, 6.45) is 3.29. The number of hydrogen-bond donors (Lipinski definition) is 0. The van der Waals surface area contributed by atoms with Gasteiger partial charge in [0.25, 0.3) is 0 Å². The van der Waals surface area contributed by atoms with Crippen molar-refractivity contribution in [1.82, 2.24) is 0 Å². The van der Waals surface area contributed by atoms with Gasteiger partial charge >= 0.3 is 0 Å². The lowest BCUT2D eigenvalue weighted by atomic mass is 9.81. The zero-order chi connectivity index (χ0) is 13.1. The van der Waals surface area contributed by atoms with Gasteiger partial charge in [-0.05, 0) is 55.4 Å². The first-order chi connectivity index (χ1) is 9.16. The Balaban J connectivity index is 1.73. The van der Waals surface area contributed by atoms with Crippen LogP contribution in [0.4, 0.5) is 5.69 Å². The molecule has 4 rings (SSSR count). The van der Waals surface area contributed by atoms with Gasteiger partial charge in [0.05, 0.1) is 17.5 Å². The van der Waals surface area contributed by atoms with Crippen LogP contribution in [0, 0.1) is 23.7 Å². The van der Waals surface area contributed by atoms with E-state index in [0.717, 1.165) is 19.3 Å². The molecule has 4 atom stereocenters. The van der Waals surface area contributed by atoms with Gasteiger partial charge in [-0.1, -0.05) is 11.6 Å². The molecule has 2 bridgehead atoms. The highest BCUT2D eigenvalue weighted by Gasteiger charge is 2.61. The van der Waals surface area contributed by atoms with E-state index in [0.29, 0.717) is 22.5 Å². The van der Waals surface area contributed by atoms with Crippen LogP contribution in [0.1, 0.15) is 19.3 Å². The molecule has 2 amide bonds. The molecule has 1 heterocycles. The number of halogens is 1. The lowest BCUT2D eigenvalue weighted by Gasteiger charge is -2.19. The monoisotopic (exact) mass is 275 g/mol. The van der Waals surface area contributed by atoms with E-state index in [1.165, 1.54) is 4.90 Å². The predicted octanol–water partition coefficient (Wildman–Crippen LogP) is 2.88. The Labute approximate surface area is 116 Å². The zero-order valence-corrected chi connectivity index (χ0v) is 11.1. The number of carbonyl (C=O) groups excluding carboxylic acids is 2. The maximum Gasteiger partial charge on any atom is 0.237 e. The maximum atomic E-state index is 12.5. The van der Waals surface area contributed by atoms with Crippen molar-refractivity contribution in [3.63, 3.8) is 0 Å². The van der Waals surface area contributed by atoms with E-state index in [4.69, 9.17) is 11.6 Å². The van der Waals surface area contributed by atoms with E-state index in [1.807, 2.05) is 0 Å². The third-order valence-electron chi connectivity index (χ3n) is 5.01. The Morgan fingerprint density at radius 1 is 0.947 bits per heavy atom. The fourth-order valence-corrected chi connectivity index (χ4v) is 4.38. The van der Waals surface area contributed by atoms with E-state index in [2.05, 4.69) is 0 Å². The number of imide groups is 1. The van der Waals surface area contributed by atoms with Gasteiger partial charge in [0.2, 0.25) is 11.8 Å². The van der Waals surface area contributed by atoms with Gasteiger partial charge in [0, 0.05) is 5.02 Å². The van der Waals surface area contributed by atoms with Gasteiger partial charge in [0.1, 0.15) is 0 Å². The maximum absolute atomic E-state index is 12.5. The highest BCUT2D eigenvalue weighted by molar-refractivity contribution is 6.30. The average molecular weight is 276 g/mol. The molecule has 1 aromatic rings. The fourth-order valence-electron chi connectivity index (χ4n) is 4.25. The summed E-state index contributed by atoms with van der Waals surface area (Å²) < 4.78 is 0. The van der Waals surface area contributed by atoms with Crippen molar-refractivity contribution < 1.29 is 9.59 Å². The zero-order valence-electron chi connectivity index (χ0n) is 10.4. The van der Waals surface area contributed by atoms with Crippen LogP contribution in [0.2, 0.25) is 5.02 Å². The summed E-state index contributed by atoms with van der Waals surface area (Å²) in [6, 6.07) is 6.95. The number of amides is 2. The summed E-state index contributed by atoms with van der Waals surface area (Å²) >= 11 is 5.85. The van der Waals surface area contributed by atoms with Crippen LogP contribution in [0.3, 0.4) is 0 Å². The minimum atomic E-state index is -0.0538. The summed E-state index contributed by atoms with van der Waals surface area (Å²) in [5.41, 5.74) is 0.660. The van der Waals surface area contributed by atoms with Crippen LogP contribution in [0.25, 0.3) is 0 Å². The number of rotatable bonds is 1. The normalized spacial score (nSPS) is 36.2. The molecule has 1 aromatic carbocycles. The summed E-state index contributed by atoms with van der Waals surface area (Å²) in [6.45, 7) is 0. The second kappa shape index (κ2) is 3.83. The first kappa shape index (κ1) is 11.5. The van der Waals surface area contributed by atoms with Gasteiger partial charge in [0.15, 0.2) is 0 Å². The Morgan fingerprint density at radius 2 is 1.47 bits per heavy atom. The molecule has 1 aliphatic heterocycles. The van der Waals surface area contributed by atoms with E-state index in [9.17, 15) is 9.59 Å². The first-order valence-electron chi connectivity index (χ1n) is 6.80. The molecule has 0 spiro atoms. The number of benzene rings is 1. The standard InChI is InChI=1S/C15H14ClNO2/c16-10-3-5-11(6-4-10)17-14(18)12-8-1-2-9(7-8)13(12)15(17)19/h3-6,8-9,12-13H,1-2,7H2/t8-,9+,12-,13-/m0/s1. The van der Waals surface area contributed by atoms with Crippen molar-refractivity contribution in [3.8, 4) is 0 Å². The van der Waals surface area contributed by atoms with Gasteiger partial charge < -0.3 is 0 Å². The molecule has 1 saturated heterocycles. The second-order valence-electron chi connectivity index (χ2n) is 5.87. The smallest absolute Gasteiger partial charge is 0.237 e. The van der Waals surface area contributed by atoms with Crippen LogP contribution >= 0.6 is 11.6 Å². The summed E-state index contributed by atoms with van der Waals surface area (Å²) in [5.74, 6) is 0.769. The third kappa shape index (κ3) is 1.45. The molecule has 19 heavy (non-hydrogen) atoms. The largest absolute Gasteiger partial charge is 0.274 e. The minimum absolute atomic E-state index is 0.00419. The first-order valence-corrected chi connectivity index (χ1v) is 7.18. The topological polar surface area (TPSA) is 37.4 Å². The molecule has 0 radical (unpaired) electrons. The molecule has 4 heteroatoms. The lowest BCUT2D eigenvalue weighted by molar-refractivity contribution is -0.123. The van der Waals surface area contributed by atoms with Gasteiger partial charge in [-0.3, -0.25) is 14.5 Å². The van der Waals surface area contributed by atoms with Crippen LogP contribution in [0.15, 0.2) is 24.3 Å². The van der Waals surface area contributed by atoms with E-state index < -0.39 is 0 Å². The van der Waals surface area contributed by atoms with Gasteiger partial charge in [-0.25, -0.2) is 0 Å². The van der Waals surface area contributed by atoms with Crippen molar-refractivity contribution >= 4 is 29.1 Å². The van der Waals surface area contributed by atoms with Crippen LogP contribution in [-0.2, 0) is 9.59 Å². The van der Waals surface area contributed by atoms with Crippen molar-refractivity contribution in [2.45, 2.75) is 19.3 Å². The minimum Gasteiger partial charge on any atom is -0.274 e. The van der Waals surface area contributed by atoms with Gasteiger partial charge in [-0.2, -0.15) is 0 Å². The van der Waals surface area contributed by atoms with E-state index in [1.54, 1.807) is 24.3 Å². The number of carbonyl (C=O) groups is 2. The molecule has 3 fully saturated rings. The molecular formula is C15H14ClNO2. The summed E-state index contributed by atoms with van der Waals surface area (Å²) in [4.78, 5) is 26.5. The Bertz CT molecular complexity index is 540. The van der Waals surface area contributed by atoms with Crippen molar-refractivity contribution in [3.05, 3.63) is 29.3 Å². The molecule has 0 aromatic heterocycles. The summed E-state index contributed by atoms with van der Waals surface area (Å²) in [7, 11) is 0. The molecule has 0 N–H and O–H groups in total.